The van der Waals surface area contributed by atoms with Crippen LogP contribution in [0, 0.1) is 10.1 Å². The minimum absolute atomic E-state index is 0.0344. The molecule has 1 aliphatic carbocycles. The van der Waals surface area contributed by atoms with Gasteiger partial charge in [0, 0.05) is 24.0 Å². The first-order chi connectivity index (χ1) is 11.6. The fraction of sp³-hybridized carbons (Fsp3) is 0.133. The number of fused-ring (bicyclic) bond motifs is 3. The van der Waals surface area contributed by atoms with Crippen LogP contribution in [0.3, 0.4) is 0 Å². The number of aryl methyl sites for hydroxylation is 2. The van der Waals surface area contributed by atoms with E-state index in [1.807, 2.05) is 0 Å². The number of anilines is 3. The quantitative estimate of drug-likeness (QED) is 0.555. The molecule has 2 aromatic heterocycles. The van der Waals surface area contributed by atoms with E-state index in [0.717, 1.165) is 34.7 Å². The Bertz CT molecular complexity index is 955. The number of nitro groups is 1. The maximum atomic E-state index is 10.9. The van der Waals surface area contributed by atoms with Crippen LogP contribution in [-0.4, -0.2) is 19.9 Å². The Hall–Kier alpha value is -3.07. The summed E-state index contributed by atoms with van der Waals surface area (Å²) < 4.78 is 0. The van der Waals surface area contributed by atoms with Crippen molar-refractivity contribution in [2.75, 3.05) is 11.1 Å². The van der Waals surface area contributed by atoms with Crippen LogP contribution in [0.5, 0.6) is 0 Å². The summed E-state index contributed by atoms with van der Waals surface area (Å²) in [5.74, 6) is 0.239. The molecule has 9 heteroatoms. The van der Waals surface area contributed by atoms with Crippen molar-refractivity contribution in [1.29, 1.82) is 0 Å². The smallest absolute Gasteiger partial charge is 0.271 e. The first kappa shape index (κ1) is 14.5. The molecule has 3 aromatic rings. The van der Waals surface area contributed by atoms with Crippen LogP contribution in [0.25, 0.3) is 10.6 Å². The van der Waals surface area contributed by atoms with Crippen molar-refractivity contribution < 1.29 is 4.92 Å². The van der Waals surface area contributed by atoms with E-state index in [4.69, 9.17) is 5.73 Å². The van der Waals surface area contributed by atoms with Crippen molar-refractivity contribution in [3.05, 3.63) is 51.8 Å². The Labute approximate surface area is 140 Å². The van der Waals surface area contributed by atoms with Crippen molar-refractivity contribution in [2.24, 2.45) is 0 Å². The highest BCUT2D eigenvalue weighted by atomic mass is 32.1. The van der Waals surface area contributed by atoms with Gasteiger partial charge in [0.05, 0.1) is 21.2 Å². The molecule has 24 heavy (non-hydrogen) atoms. The lowest BCUT2D eigenvalue weighted by atomic mass is 10.00. The average molecular weight is 340 g/mol. The molecule has 0 radical (unpaired) electrons. The van der Waals surface area contributed by atoms with E-state index in [1.54, 1.807) is 18.3 Å². The number of benzene rings is 1. The van der Waals surface area contributed by atoms with Gasteiger partial charge in [-0.2, -0.15) is 0 Å². The van der Waals surface area contributed by atoms with Crippen molar-refractivity contribution in [2.45, 2.75) is 12.8 Å². The molecular formula is C15H12N6O2S. The molecule has 0 bridgehead atoms. The molecule has 0 saturated carbocycles. The third-order valence-electron chi connectivity index (χ3n) is 3.73. The highest BCUT2D eigenvalue weighted by Gasteiger charge is 2.23. The molecule has 0 atom stereocenters. The van der Waals surface area contributed by atoms with Gasteiger partial charge in [-0.05, 0) is 24.5 Å². The average Bonchev–Trinajstić information content (AvgIpc) is 2.98. The number of aromatic nitrogens is 3. The summed E-state index contributed by atoms with van der Waals surface area (Å²) in [4.78, 5) is 24.4. The van der Waals surface area contributed by atoms with E-state index >= 15 is 0 Å². The third-order valence-corrected chi connectivity index (χ3v) is 4.75. The number of hydrogen-bond acceptors (Lipinski definition) is 8. The molecule has 0 spiro atoms. The SMILES string of the molecule is Nc1ncc2c(n1)-c1sc(Nc3cccc([N+](=O)[O-])c3)nc1CC2. The molecule has 0 aliphatic heterocycles. The van der Waals surface area contributed by atoms with Gasteiger partial charge in [0.2, 0.25) is 5.95 Å². The Morgan fingerprint density at radius 1 is 1.29 bits per heavy atom. The molecule has 8 nitrogen and oxygen atoms in total. The second kappa shape index (κ2) is 5.53. The van der Waals surface area contributed by atoms with Crippen molar-refractivity contribution in [3.8, 4) is 10.6 Å². The van der Waals surface area contributed by atoms with Gasteiger partial charge < -0.3 is 11.1 Å². The Balaban J connectivity index is 1.68. The predicted octanol–water partition coefficient (Wildman–Crippen LogP) is 2.93. The molecule has 120 valence electrons. The largest absolute Gasteiger partial charge is 0.368 e. The zero-order valence-electron chi connectivity index (χ0n) is 12.4. The lowest BCUT2D eigenvalue weighted by Crippen LogP contribution is -2.07. The highest BCUT2D eigenvalue weighted by Crippen LogP contribution is 2.39. The molecule has 0 saturated heterocycles. The summed E-state index contributed by atoms with van der Waals surface area (Å²) in [7, 11) is 0. The van der Waals surface area contributed by atoms with Crippen LogP contribution in [0.15, 0.2) is 30.5 Å². The number of nitrogen functional groups attached to an aromatic ring is 1. The summed E-state index contributed by atoms with van der Waals surface area (Å²) in [6.07, 6.45) is 3.39. The number of rotatable bonds is 3. The summed E-state index contributed by atoms with van der Waals surface area (Å²) in [6, 6.07) is 6.33. The fourth-order valence-electron chi connectivity index (χ4n) is 2.63. The van der Waals surface area contributed by atoms with Crippen LogP contribution in [0.4, 0.5) is 22.5 Å². The van der Waals surface area contributed by atoms with E-state index in [-0.39, 0.29) is 11.6 Å². The van der Waals surface area contributed by atoms with E-state index in [1.165, 1.54) is 23.5 Å². The molecule has 3 N–H and O–H groups in total. The lowest BCUT2D eigenvalue weighted by molar-refractivity contribution is -0.384. The van der Waals surface area contributed by atoms with Crippen molar-refractivity contribution in [3.63, 3.8) is 0 Å². The topological polar surface area (TPSA) is 120 Å². The van der Waals surface area contributed by atoms with Crippen molar-refractivity contribution in [1.82, 2.24) is 15.0 Å². The summed E-state index contributed by atoms with van der Waals surface area (Å²) in [5, 5.41) is 14.7. The summed E-state index contributed by atoms with van der Waals surface area (Å²) in [5.41, 5.74) is 9.20. The van der Waals surface area contributed by atoms with E-state index in [2.05, 4.69) is 20.3 Å². The van der Waals surface area contributed by atoms with Gasteiger partial charge in [-0.15, -0.1) is 0 Å². The number of nitrogens with one attached hydrogen (secondary N) is 1. The maximum absolute atomic E-state index is 10.9. The van der Waals surface area contributed by atoms with Crippen LogP contribution >= 0.6 is 11.3 Å². The molecular weight excluding hydrogens is 328 g/mol. The lowest BCUT2D eigenvalue weighted by Gasteiger charge is -2.13. The number of nitro benzene ring substituents is 1. The van der Waals surface area contributed by atoms with E-state index in [0.29, 0.717) is 10.8 Å². The molecule has 2 heterocycles. The number of non-ortho nitro benzene ring substituents is 1. The maximum Gasteiger partial charge on any atom is 0.271 e. The van der Waals surface area contributed by atoms with Crippen LogP contribution in [-0.2, 0) is 12.8 Å². The number of hydrogen-bond donors (Lipinski definition) is 2. The molecule has 0 unspecified atom stereocenters. The Morgan fingerprint density at radius 2 is 2.17 bits per heavy atom. The zero-order chi connectivity index (χ0) is 16.7. The zero-order valence-corrected chi connectivity index (χ0v) is 13.2. The van der Waals surface area contributed by atoms with Gasteiger partial charge >= 0.3 is 0 Å². The summed E-state index contributed by atoms with van der Waals surface area (Å²) >= 11 is 1.46. The third kappa shape index (κ3) is 2.54. The van der Waals surface area contributed by atoms with E-state index in [9.17, 15) is 10.1 Å². The van der Waals surface area contributed by atoms with Gasteiger partial charge in [-0.25, -0.2) is 15.0 Å². The molecule has 1 aliphatic rings. The van der Waals surface area contributed by atoms with Gasteiger partial charge in [0.1, 0.15) is 0 Å². The number of thiazole rings is 1. The normalized spacial score (nSPS) is 12.3. The Kier molecular flexibility index (Phi) is 3.35. The molecule has 0 amide bonds. The molecule has 0 fully saturated rings. The monoisotopic (exact) mass is 340 g/mol. The van der Waals surface area contributed by atoms with Gasteiger partial charge in [0.25, 0.3) is 5.69 Å². The van der Waals surface area contributed by atoms with Crippen molar-refractivity contribution >= 4 is 33.8 Å². The first-order valence-electron chi connectivity index (χ1n) is 7.23. The standard InChI is InChI=1S/C15H12N6O2S/c16-14-17-7-8-4-5-11-13(12(8)20-14)24-15(19-11)18-9-2-1-3-10(6-9)21(22)23/h1-3,6-7H,4-5H2,(H,18,19)(H2,16,17,20). The van der Waals surface area contributed by atoms with E-state index < -0.39 is 4.92 Å². The van der Waals surface area contributed by atoms with Gasteiger partial charge in [0.15, 0.2) is 5.13 Å². The number of nitrogens with zero attached hydrogens (tertiary/aromatic N) is 4. The van der Waals surface area contributed by atoms with Gasteiger partial charge in [-0.3, -0.25) is 10.1 Å². The fourth-order valence-corrected chi connectivity index (χ4v) is 3.69. The second-order valence-corrected chi connectivity index (χ2v) is 6.33. The molecule has 4 rings (SSSR count). The minimum atomic E-state index is -0.423. The van der Waals surface area contributed by atoms with Crippen LogP contribution < -0.4 is 11.1 Å². The first-order valence-corrected chi connectivity index (χ1v) is 8.05. The minimum Gasteiger partial charge on any atom is -0.368 e. The van der Waals surface area contributed by atoms with Crippen LogP contribution in [0.2, 0.25) is 0 Å². The molecule has 1 aromatic carbocycles. The van der Waals surface area contributed by atoms with Gasteiger partial charge in [-0.1, -0.05) is 17.4 Å². The van der Waals surface area contributed by atoms with Crippen LogP contribution in [0.1, 0.15) is 11.3 Å². The second-order valence-electron chi connectivity index (χ2n) is 5.33. The summed E-state index contributed by atoms with van der Waals surface area (Å²) in [6.45, 7) is 0. The Morgan fingerprint density at radius 3 is 3.00 bits per heavy atom. The number of nitrogens with two attached hydrogens (primary N) is 1. The highest BCUT2D eigenvalue weighted by molar-refractivity contribution is 7.19. The predicted molar refractivity (Wildman–Crippen MR) is 91.3 cm³/mol.